The second-order valence-corrected chi connectivity index (χ2v) is 6.18. The van der Waals surface area contributed by atoms with E-state index in [4.69, 9.17) is 4.42 Å². The van der Waals surface area contributed by atoms with Gasteiger partial charge in [-0.2, -0.15) is 0 Å². The fourth-order valence-electron chi connectivity index (χ4n) is 2.91. The molecule has 0 saturated heterocycles. The molecular formula is C18H20OS. The Morgan fingerprint density at radius 1 is 1.05 bits per heavy atom. The summed E-state index contributed by atoms with van der Waals surface area (Å²) in [5.41, 5.74) is 3.92. The first-order valence-electron chi connectivity index (χ1n) is 7.22. The zero-order valence-corrected chi connectivity index (χ0v) is 12.9. The zero-order valence-electron chi connectivity index (χ0n) is 12.1. The Kier molecular flexibility index (Phi) is 4.02. The first-order valence-corrected chi connectivity index (χ1v) is 8.44. The van der Waals surface area contributed by atoms with Crippen LogP contribution >= 0.6 is 11.8 Å². The highest BCUT2D eigenvalue weighted by Gasteiger charge is 2.21. The van der Waals surface area contributed by atoms with E-state index in [-0.39, 0.29) is 0 Å². The highest BCUT2D eigenvalue weighted by Crippen LogP contribution is 2.42. The molecule has 0 amide bonds. The zero-order chi connectivity index (χ0) is 13.9. The molecule has 20 heavy (non-hydrogen) atoms. The molecule has 1 nitrogen and oxygen atoms in total. The standard InChI is InChI=1S/C18H20OS/c1-13-12-16(14-8-4-3-5-9-14)18(19-13)15-10-6-7-11-17(15)20-2/h3-5,8-9,12H,6-7,10-11H2,1-2H3. The Morgan fingerprint density at radius 2 is 1.80 bits per heavy atom. The molecule has 2 heteroatoms. The van der Waals surface area contributed by atoms with Gasteiger partial charge in [0.2, 0.25) is 0 Å². The van der Waals surface area contributed by atoms with Gasteiger partial charge in [0, 0.05) is 11.1 Å². The molecule has 0 atom stereocenters. The van der Waals surface area contributed by atoms with Crippen molar-refractivity contribution in [1.82, 2.24) is 0 Å². The van der Waals surface area contributed by atoms with Crippen molar-refractivity contribution in [1.29, 1.82) is 0 Å². The lowest BCUT2D eigenvalue weighted by molar-refractivity contribution is 0.516. The van der Waals surface area contributed by atoms with Gasteiger partial charge in [-0.15, -0.1) is 11.8 Å². The van der Waals surface area contributed by atoms with Crippen LogP contribution in [0, 0.1) is 6.92 Å². The van der Waals surface area contributed by atoms with Gasteiger partial charge in [0.25, 0.3) is 0 Å². The highest BCUT2D eigenvalue weighted by molar-refractivity contribution is 8.02. The summed E-state index contributed by atoms with van der Waals surface area (Å²) >= 11 is 1.88. The first kappa shape index (κ1) is 13.6. The van der Waals surface area contributed by atoms with E-state index < -0.39 is 0 Å². The number of benzene rings is 1. The maximum Gasteiger partial charge on any atom is 0.138 e. The third-order valence-electron chi connectivity index (χ3n) is 3.88. The van der Waals surface area contributed by atoms with E-state index in [0.29, 0.717) is 0 Å². The summed E-state index contributed by atoms with van der Waals surface area (Å²) in [6, 6.07) is 12.7. The first-order chi connectivity index (χ1) is 9.79. The molecule has 1 aromatic heterocycles. The number of hydrogen-bond acceptors (Lipinski definition) is 2. The van der Waals surface area contributed by atoms with Gasteiger partial charge in [-0.05, 0) is 55.4 Å². The van der Waals surface area contributed by atoms with Gasteiger partial charge in [-0.3, -0.25) is 0 Å². The van der Waals surface area contributed by atoms with Crippen LogP contribution in [0.5, 0.6) is 0 Å². The predicted octanol–water partition coefficient (Wildman–Crippen LogP) is 5.90. The molecule has 3 rings (SSSR count). The lowest BCUT2D eigenvalue weighted by atomic mass is 9.93. The third-order valence-corrected chi connectivity index (χ3v) is 4.82. The SMILES string of the molecule is CSC1=C(c2oc(C)cc2-c2ccccc2)CCCC1. The van der Waals surface area contributed by atoms with Gasteiger partial charge in [-0.25, -0.2) is 0 Å². The van der Waals surface area contributed by atoms with Crippen LogP contribution in [-0.2, 0) is 0 Å². The van der Waals surface area contributed by atoms with Crippen LogP contribution in [-0.4, -0.2) is 6.26 Å². The van der Waals surface area contributed by atoms with Crippen molar-refractivity contribution in [2.75, 3.05) is 6.26 Å². The Hall–Kier alpha value is -1.41. The van der Waals surface area contributed by atoms with Crippen molar-refractivity contribution < 1.29 is 4.42 Å². The number of thioether (sulfide) groups is 1. The molecule has 0 unspecified atom stereocenters. The Labute approximate surface area is 125 Å². The van der Waals surface area contributed by atoms with E-state index in [2.05, 4.69) is 42.7 Å². The third kappa shape index (κ3) is 2.57. The number of hydrogen-bond donors (Lipinski definition) is 0. The maximum absolute atomic E-state index is 6.07. The minimum atomic E-state index is 0.998. The molecule has 1 aliphatic carbocycles. The van der Waals surface area contributed by atoms with Crippen LogP contribution < -0.4 is 0 Å². The summed E-state index contributed by atoms with van der Waals surface area (Å²) in [5, 5.41) is 0. The van der Waals surface area contributed by atoms with E-state index >= 15 is 0 Å². The Balaban J connectivity index is 2.13. The molecule has 104 valence electrons. The van der Waals surface area contributed by atoms with E-state index in [9.17, 15) is 0 Å². The summed E-state index contributed by atoms with van der Waals surface area (Å²) in [7, 11) is 0. The molecule has 0 radical (unpaired) electrons. The summed E-state index contributed by atoms with van der Waals surface area (Å²) in [6.45, 7) is 2.04. The Bertz CT molecular complexity index is 622. The number of aryl methyl sites for hydroxylation is 1. The van der Waals surface area contributed by atoms with Gasteiger partial charge >= 0.3 is 0 Å². The van der Waals surface area contributed by atoms with Gasteiger partial charge in [0.1, 0.15) is 11.5 Å². The number of furan rings is 1. The largest absolute Gasteiger partial charge is 0.461 e. The summed E-state index contributed by atoms with van der Waals surface area (Å²) in [5.74, 6) is 2.09. The van der Waals surface area contributed by atoms with Crippen molar-refractivity contribution in [2.24, 2.45) is 0 Å². The molecule has 1 aromatic carbocycles. The van der Waals surface area contributed by atoms with Crippen LogP contribution in [0.2, 0.25) is 0 Å². The molecule has 1 heterocycles. The van der Waals surface area contributed by atoms with Crippen LogP contribution in [0.1, 0.15) is 37.2 Å². The normalized spacial score (nSPS) is 15.7. The van der Waals surface area contributed by atoms with E-state index in [0.717, 1.165) is 17.9 Å². The van der Waals surface area contributed by atoms with Crippen molar-refractivity contribution >= 4 is 17.3 Å². The molecule has 0 saturated carbocycles. The quantitative estimate of drug-likeness (QED) is 0.695. The number of rotatable bonds is 3. The van der Waals surface area contributed by atoms with Crippen LogP contribution in [0.25, 0.3) is 16.7 Å². The monoisotopic (exact) mass is 284 g/mol. The Morgan fingerprint density at radius 3 is 2.55 bits per heavy atom. The van der Waals surface area contributed by atoms with Crippen molar-refractivity contribution in [2.45, 2.75) is 32.6 Å². The summed E-state index contributed by atoms with van der Waals surface area (Å²) in [6.07, 6.45) is 7.10. The fraction of sp³-hybridized carbons (Fsp3) is 0.333. The molecule has 0 bridgehead atoms. The van der Waals surface area contributed by atoms with Gasteiger partial charge in [0.05, 0.1) is 0 Å². The smallest absolute Gasteiger partial charge is 0.138 e. The molecular weight excluding hydrogens is 264 g/mol. The molecule has 0 fully saturated rings. The second-order valence-electron chi connectivity index (χ2n) is 5.28. The van der Waals surface area contributed by atoms with Crippen molar-refractivity contribution in [3.63, 3.8) is 0 Å². The average Bonchev–Trinajstić information content (AvgIpc) is 2.90. The predicted molar refractivity (Wildman–Crippen MR) is 87.8 cm³/mol. The van der Waals surface area contributed by atoms with Crippen molar-refractivity contribution in [3.8, 4) is 11.1 Å². The molecule has 0 aliphatic heterocycles. The minimum Gasteiger partial charge on any atom is -0.461 e. The highest BCUT2D eigenvalue weighted by atomic mass is 32.2. The van der Waals surface area contributed by atoms with E-state index in [1.165, 1.54) is 40.9 Å². The summed E-state index contributed by atoms with van der Waals surface area (Å²) in [4.78, 5) is 1.50. The van der Waals surface area contributed by atoms with Crippen LogP contribution in [0.4, 0.5) is 0 Å². The second kappa shape index (κ2) is 5.92. The molecule has 0 spiro atoms. The van der Waals surface area contributed by atoms with E-state index in [1.807, 2.05) is 18.7 Å². The lowest BCUT2D eigenvalue weighted by Gasteiger charge is -2.18. The maximum atomic E-state index is 6.07. The number of allylic oxidation sites excluding steroid dienone is 2. The van der Waals surface area contributed by atoms with Crippen LogP contribution in [0.3, 0.4) is 0 Å². The summed E-state index contributed by atoms with van der Waals surface area (Å²) < 4.78 is 6.07. The molecule has 0 N–H and O–H groups in total. The molecule has 2 aromatic rings. The van der Waals surface area contributed by atoms with E-state index in [1.54, 1.807) is 0 Å². The average molecular weight is 284 g/mol. The fourth-order valence-corrected chi connectivity index (χ4v) is 3.70. The van der Waals surface area contributed by atoms with Gasteiger partial charge < -0.3 is 4.42 Å². The molecule has 1 aliphatic rings. The minimum absolute atomic E-state index is 0.998. The van der Waals surface area contributed by atoms with Crippen molar-refractivity contribution in [3.05, 3.63) is 52.8 Å². The van der Waals surface area contributed by atoms with Crippen LogP contribution in [0.15, 0.2) is 45.7 Å². The topological polar surface area (TPSA) is 13.1 Å². The van der Waals surface area contributed by atoms with Gasteiger partial charge in [-0.1, -0.05) is 30.3 Å². The lowest BCUT2D eigenvalue weighted by Crippen LogP contribution is -1.97. The van der Waals surface area contributed by atoms with Gasteiger partial charge in [0.15, 0.2) is 0 Å².